The molecule has 0 spiro atoms. The third-order valence-electron chi connectivity index (χ3n) is 7.79. The molecule has 2 aromatic carbocycles. The number of ether oxygens (including phenoxy) is 1. The van der Waals surface area contributed by atoms with E-state index in [0.717, 1.165) is 49.7 Å². The van der Waals surface area contributed by atoms with Crippen molar-refractivity contribution in [2.45, 2.75) is 55.6 Å². The molecule has 3 fully saturated rings. The van der Waals surface area contributed by atoms with Crippen molar-refractivity contribution in [1.82, 2.24) is 9.80 Å². The average Bonchev–Trinajstić information content (AvgIpc) is 3.44. The Labute approximate surface area is 219 Å². The molecule has 3 aliphatic rings. The summed E-state index contributed by atoms with van der Waals surface area (Å²) in [6.07, 6.45) is 8.81. The number of piperidine rings is 1. The Balaban J connectivity index is 1.14. The van der Waals surface area contributed by atoms with Gasteiger partial charge >= 0.3 is 0 Å². The summed E-state index contributed by atoms with van der Waals surface area (Å²) < 4.78 is 29.9. The standard InChI is InChI=1S/C28H35N3O5S/c1-37(34,35)26-8-4-5-21(19-26)28(33)30-17-18-31(27(32)20-30)23-9-11-24(12-10-23)36-25-13-15-29(16-14-25)22-6-2-3-7-22/h4-5,8-12,19,22,25H,2-3,6-7,13-18,20H2,1H3. The Morgan fingerprint density at radius 1 is 0.919 bits per heavy atom. The molecule has 0 atom stereocenters. The summed E-state index contributed by atoms with van der Waals surface area (Å²) in [5.74, 6) is 0.295. The van der Waals surface area contributed by atoms with Crippen LogP contribution >= 0.6 is 0 Å². The molecular weight excluding hydrogens is 490 g/mol. The number of carbonyl (C=O) groups is 2. The highest BCUT2D eigenvalue weighted by Crippen LogP contribution is 2.28. The van der Waals surface area contributed by atoms with Crippen molar-refractivity contribution in [3.05, 3.63) is 54.1 Å². The minimum atomic E-state index is -3.42. The smallest absolute Gasteiger partial charge is 0.254 e. The number of sulfone groups is 1. The normalized spacial score (nSPS) is 20.4. The van der Waals surface area contributed by atoms with Crippen molar-refractivity contribution in [3.63, 3.8) is 0 Å². The molecule has 37 heavy (non-hydrogen) atoms. The van der Waals surface area contributed by atoms with Crippen molar-refractivity contribution >= 4 is 27.3 Å². The van der Waals surface area contributed by atoms with Crippen LogP contribution in [0.2, 0.25) is 0 Å². The number of benzene rings is 2. The molecule has 1 aliphatic carbocycles. The van der Waals surface area contributed by atoms with Crippen LogP contribution in [-0.4, -0.2) is 81.2 Å². The quantitative estimate of drug-likeness (QED) is 0.575. The van der Waals surface area contributed by atoms with E-state index in [0.29, 0.717) is 13.1 Å². The van der Waals surface area contributed by atoms with Gasteiger partial charge in [-0.25, -0.2) is 8.42 Å². The SMILES string of the molecule is CS(=O)(=O)c1cccc(C(=O)N2CCN(c3ccc(OC4CCN(C5CCCC5)CC4)cc3)C(=O)C2)c1. The van der Waals surface area contributed by atoms with E-state index in [1.165, 1.54) is 42.7 Å². The summed E-state index contributed by atoms with van der Waals surface area (Å²) in [6, 6.07) is 14.3. The lowest BCUT2D eigenvalue weighted by molar-refractivity contribution is -0.120. The van der Waals surface area contributed by atoms with Crippen LogP contribution in [0.25, 0.3) is 0 Å². The molecule has 198 valence electrons. The lowest BCUT2D eigenvalue weighted by Crippen LogP contribution is -2.52. The summed E-state index contributed by atoms with van der Waals surface area (Å²) in [6.45, 7) is 2.88. The molecule has 0 aromatic heterocycles. The molecule has 2 aromatic rings. The zero-order valence-corrected chi connectivity index (χ0v) is 22.2. The van der Waals surface area contributed by atoms with E-state index >= 15 is 0 Å². The monoisotopic (exact) mass is 525 g/mol. The summed E-state index contributed by atoms with van der Waals surface area (Å²) >= 11 is 0. The van der Waals surface area contributed by atoms with Gasteiger partial charge in [0.15, 0.2) is 9.84 Å². The van der Waals surface area contributed by atoms with Gasteiger partial charge in [-0.3, -0.25) is 9.59 Å². The Kier molecular flexibility index (Phi) is 7.53. The van der Waals surface area contributed by atoms with E-state index in [-0.39, 0.29) is 34.9 Å². The minimum Gasteiger partial charge on any atom is -0.490 e. The van der Waals surface area contributed by atoms with Crippen molar-refractivity contribution in [2.75, 3.05) is 43.9 Å². The van der Waals surface area contributed by atoms with Crippen LogP contribution in [0.5, 0.6) is 5.75 Å². The van der Waals surface area contributed by atoms with E-state index < -0.39 is 9.84 Å². The van der Waals surface area contributed by atoms with E-state index in [9.17, 15) is 18.0 Å². The number of hydrogen-bond donors (Lipinski definition) is 0. The molecule has 9 heteroatoms. The second-order valence-electron chi connectivity index (χ2n) is 10.4. The van der Waals surface area contributed by atoms with Crippen molar-refractivity contribution in [1.29, 1.82) is 0 Å². The van der Waals surface area contributed by atoms with Gasteiger partial charge in [-0.1, -0.05) is 18.9 Å². The molecule has 2 saturated heterocycles. The summed E-state index contributed by atoms with van der Waals surface area (Å²) in [5, 5.41) is 0. The zero-order valence-electron chi connectivity index (χ0n) is 21.3. The van der Waals surface area contributed by atoms with Crippen molar-refractivity contribution < 1.29 is 22.7 Å². The van der Waals surface area contributed by atoms with Gasteiger partial charge in [0.1, 0.15) is 18.4 Å². The largest absolute Gasteiger partial charge is 0.490 e. The highest BCUT2D eigenvalue weighted by Gasteiger charge is 2.30. The molecule has 2 amide bonds. The van der Waals surface area contributed by atoms with Gasteiger partial charge in [-0.05, 0) is 68.1 Å². The number of rotatable bonds is 6. The first-order chi connectivity index (χ1) is 17.8. The van der Waals surface area contributed by atoms with Crippen LogP contribution in [-0.2, 0) is 14.6 Å². The van der Waals surface area contributed by atoms with Crippen LogP contribution in [0.4, 0.5) is 5.69 Å². The lowest BCUT2D eigenvalue weighted by atomic mass is 10.0. The van der Waals surface area contributed by atoms with E-state index in [1.807, 2.05) is 24.3 Å². The van der Waals surface area contributed by atoms with E-state index in [4.69, 9.17) is 4.74 Å². The maximum absolute atomic E-state index is 12.9. The molecule has 8 nitrogen and oxygen atoms in total. The first kappa shape index (κ1) is 25.7. The molecule has 2 aliphatic heterocycles. The Morgan fingerprint density at radius 2 is 1.62 bits per heavy atom. The Morgan fingerprint density at radius 3 is 2.27 bits per heavy atom. The maximum atomic E-state index is 12.9. The molecule has 0 N–H and O–H groups in total. The molecule has 0 radical (unpaired) electrons. The third-order valence-corrected chi connectivity index (χ3v) is 8.90. The van der Waals surface area contributed by atoms with Gasteiger partial charge in [-0.2, -0.15) is 0 Å². The molecular formula is C28H35N3O5S. The fraction of sp³-hybridized carbons (Fsp3) is 0.500. The van der Waals surface area contributed by atoms with Gasteiger partial charge < -0.3 is 19.4 Å². The summed E-state index contributed by atoms with van der Waals surface area (Å²) in [7, 11) is -3.42. The second-order valence-corrected chi connectivity index (χ2v) is 12.4. The van der Waals surface area contributed by atoms with Gasteiger partial charge in [0.25, 0.3) is 5.91 Å². The van der Waals surface area contributed by atoms with Crippen molar-refractivity contribution in [2.24, 2.45) is 0 Å². The number of piperazine rings is 1. The van der Waals surface area contributed by atoms with E-state index in [2.05, 4.69) is 4.90 Å². The molecule has 2 heterocycles. The van der Waals surface area contributed by atoms with Crippen LogP contribution in [0.15, 0.2) is 53.4 Å². The lowest BCUT2D eigenvalue weighted by Gasteiger charge is -2.36. The number of amides is 2. The summed E-state index contributed by atoms with van der Waals surface area (Å²) in [5.41, 5.74) is 1.04. The third kappa shape index (κ3) is 5.99. The van der Waals surface area contributed by atoms with Gasteiger partial charge in [-0.15, -0.1) is 0 Å². The van der Waals surface area contributed by atoms with Gasteiger partial charge in [0, 0.05) is 49.7 Å². The number of anilines is 1. The minimum absolute atomic E-state index is 0.0558. The van der Waals surface area contributed by atoms with Crippen LogP contribution < -0.4 is 9.64 Å². The Bertz CT molecular complexity index is 1230. The first-order valence-electron chi connectivity index (χ1n) is 13.2. The van der Waals surface area contributed by atoms with Gasteiger partial charge in [0.05, 0.1) is 4.90 Å². The highest BCUT2D eigenvalue weighted by molar-refractivity contribution is 7.90. The van der Waals surface area contributed by atoms with Crippen LogP contribution in [0.3, 0.4) is 0 Å². The maximum Gasteiger partial charge on any atom is 0.254 e. The zero-order chi connectivity index (χ0) is 26.0. The number of nitrogens with zero attached hydrogens (tertiary/aromatic N) is 3. The second kappa shape index (κ2) is 10.8. The topological polar surface area (TPSA) is 87.2 Å². The number of carbonyl (C=O) groups excluding carboxylic acids is 2. The number of hydrogen-bond acceptors (Lipinski definition) is 6. The number of likely N-dealkylation sites (tertiary alicyclic amines) is 1. The highest BCUT2D eigenvalue weighted by atomic mass is 32.2. The average molecular weight is 526 g/mol. The fourth-order valence-corrected chi connectivity index (χ4v) is 6.35. The summed E-state index contributed by atoms with van der Waals surface area (Å²) in [4.78, 5) is 31.7. The predicted octanol–water partition coefficient (Wildman–Crippen LogP) is 3.36. The van der Waals surface area contributed by atoms with Crippen LogP contribution in [0.1, 0.15) is 48.9 Å². The molecule has 1 saturated carbocycles. The van der Waals surface area contributed by atoms with Crippen molar-refractivity contribution in [3.8, 4) is 5.75 Å². The predicted molar refractivity (Wildman–Crippen MR) is 142 cm³/mol. The first-order valence-corrected chi connectivity index (χ1v) is 15.1. The fourth-order valence-electron chi connectivity index (χ4n) is 5.69. The Hall–Kier alpha value is -2.91. The van der Waals surface area contributed by atoms with E-state index in [1.54, 1.807) is 17.0 Å². The molecule has 0 bridgehead atoms. The van der Waals surface area contributed by atoms with Gasteiger partial charge in [0.2, 0.25) is 5.91 Å². The molecule has 5 rings (SSSR count). The van der Waals surface area contributed by atoms with Crippen LogP contribution in [0, 0.1) is 0 Å². The molecule has 0 unspecified atom stereocenters.